The Morgan fingerprint density at radius 1 is 1.33 bits per heavy atom. The van der Waals surface area contributed by atoms with Gasteiger partial charge in [-0.25, -0.2) is 0 Å². The lowest BCUT2D eigenvalue weighted by Crippen LogP contribution is -2.17. The number of nitrogens with zero attached hydrogens (tertiary/aromatic N) is 1. The van der Waals surface area contributed by atoms with E-state index in [1.54, 1.807) is 12.4 Å². The topological polar surface area (TPSA) is 48.1 Å². The quantitative estimate of drug-likeness (QED) is 0.940. The second kappa shape index (κ2) is 5.98. The third-order valence-electron chi connectivity index (χ3n) is 2.44. The van der Waals surface area contributed by atoms with Crippen LogP contribution in [0.5, 0.6) is 11.5 Å². The van der Waals surface area contributed by atoms with Crippen LogP contribution in [0.3, 0.4) is 0 Å². The molecule has 18 heavy (non-hydrogen) atoms. The van der Waals surface area contributed by atoms with Crippen molar-refractivity contribution < 1.29 is 4.74 Å². The number of hydrogen-bond acceptors (Lipinski definition) is 3. The van der Waals surface area contributed by atoms with E-state index in [0.29, 0.717) is 0 Å². The Bertz CT molecular complexity index is 514. The summed E-state index contributed by atoms with van der Waals surface area (Å²) in [5, 5.41) is 0. The first-order valence-electron chi connectivity index (χ1n) is 5.77. The summed E-state index contributed by atoms with van der Waals surface area (Å²) in [7, 11) is 0. The molecule has 0 spiro atoms. The monoisotopic (exact) mass is 306 g/mol. The predicted octanol–water partition coefficient (Wildman–Crippen LogP) is 3.53. The number of benzene rings is 1. The molecule has 0 saturated heterocycles. The number of hydrogen-bond donors (Lipinski definition) is 1. The number of pyridine rings is 1. The number of nitrogens with two attached hydrogens (primary N) is 1. The molecule has 0 radical (unpaired) electrons. The molecule has 0 aliphatic carbocycles. The van der Waals surface area contributed by atoms with E-state index in [4.69, 9.17) is 10.5 Å². The van der Waals surface area contributed by atoms with Crippen molar-refractivity contribution in [3.8, 4) is 11.5 Å². The molecule has 2 rings (SSSR count). The van der Waals surface area contributed by atoms with Gasteiger partial charge in [0, 0.05) is 16.7 Å². The van der Waals surface area contributed by atoms with Gasteiger partial charge in [0.1, 0.15) is 11.5 Å². The molecule has 0 amide bonds. The predicted molar refractivity (Wildman–Crippen MR) is 75.8 cm³/mol. The Labute approximate surface area is 115 Å². The SMILES string of the molecule is CC(N)Cc1ccc(Oc2cccnc2)cc1Br. The molecule has 1 atom stereocenters. The largest absolute Gasteiger partial charge is 0.456 e. The van der Waals surface area contributed by atoms with Gasteiger partial charge in [-0.1, -0.05) is 22.0 Å². The van der Waals surface area contributed by atoms with Gasteiger partial charge in [0.2, 0.25) is 0 Å². The molecule has 1 heterocycles. The summed E-state index contributed by atoms with van der Waals surface area (Å²) < 4.78 is 6.71. The first kappa shape index (κ1) is 13.1. The third-order valence-corrected chi connectivity index (χ3v) is 3.17. The van der Waals surface area contributed by atoms with E-state index >= 15 is 0 Å². The van der Waals surface area contributed by atoms with Gasteiger partial charge in [-0.2, -0.15) is 0 Å². The average Bonchev–Trinajstić information content (AvgIpc) is 2.33. The fourth-order valence-electron chi connectivity index (χ4n) is 1.65. The maximum Gasteiger partial charge on any atom is 0.145 e. The van der Waals surface area contributed by atoms with E-state index in [1.807, 2.05) is 37.3 Å². The molecular weight excluding hydrogens is 292 g/mol. The van der Waals surface area contributed by atoms with Crippen molar-refractivity contribution in [3.05, 3.63) is 52.8 Å². The molecule has 0 aliphatic heterocycles. The smallest absolute Gasteiger partial charge is 0.145 e. The van der Waals surface area contributed by atoms with Crippen LogP contribution in [0.2, 0.25) is 0 Å². The van der Waals surface area contributed by atoms with Crippen LogP contribution in [0.4, 0.5) is 0 Å². The first-order chi connectivity index (χ1) is 8.65. The summed E-state index contributed by atoms with van der Waals surface area (Å²) in [5.74, 6) is 1.51. The van der Waals surface area contributed by atoms with Crippen molar-refractivity contribution in [1.82, 2.24) is 4.98 Å². The molecule has 3 nitrogen and oxygen atoms in total. The highest BCUT2D eigenvalue weighted by Crippen LogP contribution is 2.27. The van der Waals surface area contributed by atoms with Crippen molar-refractivity contribution in [2.45, 2.75) is 19.4 Å². The van der Waals surface area contributed by atoms with Crippen molar-refractivity contribution >= 4 is 15.9 Å². The van der Waals surface area contributed by atoms with Gasteiger partial charge in [-0.15, -0.1) is 0 Å². The summed E-state index contributed by atoms with van der Waals surface area (Å²) in [6.07, 6.45) is 4.24. The van der Waals surface area contributed by atoms with E-state index in [9.17, 15) is 0 Å². The minimum absolute atomic E-state index is 0.145. The Hall–Kier alpha value is -1.39. The second-order valence-electron chi connectivity index (χ2n) is 4.23. The Balaban J connectivity index is 2.14. The summed E-state index contributed by atoms with van der Waals surface area (Å²) in [6, 6.07) is 9.77. The van der Waals surface area contributed by atoms with Crippen LogP contribution in [0.15, 0.2) is 47.2 Å². The van der Waals surface area contributed by atoms with Crippen molar-refractivity contribution in [3.63, 3.8) is 0 Å². The highest BCUT2D eigenvalue weighted by molar-refractivity contribution is 9.10. The summed E-state index contributed by atoms with van der Waals surface area (Å²) in [6.45, 7) is 1.99. The van der Waals surface area contributed by atoms with Crippen molar-refractivity contribution in [2.24, 2.45) is 5.73 Å². The molecule has 4 heteroatoms. The van der Waals surface area contributed by atoms with Gasteiger partial charge >= 0.3 is 0 Å². The molecule has 1 aromatic carbocycles. The highest BCUT2D eigenvalue weighted by Gasteiger charge is 2.05. The summed E-state index contributed by atoms with van der Waals surface area (Å²) in [5.41, 5.74) is 6.98. The molecule has 1 aromatic heterocycles. The Morgan fingerprint density at radius 3 is 2.78 bits per heavy atom. The van der Waals surface area contributed by atoms with Crippen LogP contribution in [-0.2, 0) is 6.42 Å². The standard InChI is InChI=1S/C14H15BrN2O/c1-10(16)7-11-4-5-12(8-14(11)15)18-13-3-2-6-17-9-13/h2-6,8-10H,7,16H2,1H3. The Morgan fingerprint density at radius 2 is 2.17 bits per heavy atom. The molecule has 0 fully saturated rings. The molecule has 2 aromatic rings. The molecule has 2 N–H and O–H groups in total. The minimum atomic E-state index is 0.145. The van der Waals surface area contributed by atoms with Gasteiger partial charge in [-0.05, 0) is 43.2 Å². The minimum Gasteiger partial charge on any atom is -0.456 e. The van der Waals surface area contributed by atoms with E-state index in [-0.39, 0.29) is 6.04 Å². The van der Waals surface area contributed by atoms with Gasteiger partial charge in [0.05, 0.1) is 6.20 Å². The zero-order chi connectivity index (χ0) is 13.0. The highest BCUT2D eigenvalue weighted by atomic mass is 79.9. The zero-order valence-electron chi connectivity index (χ0n) is 10.1. The maximum atomic E-state index is 5.79. The lowest BCUT2D eigenvalue weighted by molar-refractivity contribution is 0.479. The van der Waals surface area contributed by atoms with Crippen LogP contribution >= 0.6 is 15.9 Å². The normalized spacial score (nSPS) is 12.2. The number of ether oxygens (including phenoxy) is 1. The molecule has 0 saturated carbocycles. The lowest BCUT2D eigenvalue weighted by atomic mass is 10.1. The fourth-order valence-corrected chi connectivity index (χ4v) is 2.17. The molecule has 0 bridgehead atoms. The molecule has 0 aliphatic rings. The van der Waals surface area contributed by atoms with Crippen molar-refractivity contribution in [1.29, 1.82) is 0 Å². The van der Waals surface area contributed by atoms with E-state index in [0.717, 1.165) is 22.4 Å². The number of halogens is 1. The van der Waals surface area contributed by atoms with Crippen LogP contribution in [-0.4, -0.2) is 11.0 Å². The van der Waals surface area contributed by atoms with Gasteiger partial charge < -0.3 is 10.5 Å². The second-order valence-corrected chi connectivity index (χ2v) is 5.08. The van der Waals surface area contributed by atoms with Crippen molar-refractivity contribution in [2.75, 3.05) is 0 Å². The fraction of sp³-hybridized carbons (Fsp3) is 0.214. The Kier molecular flexibility index (Phi) is 4.33. The number of aromatic nitrogens is 1. The molecular formula is C14H15BrN2O. The van der Waals surface area contributed by atoms with Gasteiger partial charge in [0.25, 0.3) is 0 Å². The maximum absolute atomic E-state index is 5.79. The summed E-state index contributed by atoms with van der Waals surface area (Å²) in [4.78, 5) is 4.01. The molecule has 94 valence electrons. The lowest BCUT2D eigenvalue weighted by Gasteiger charge is -2.10. The number of rotatable bonds is 4. The van der Waals surface area contributed by atoms with Gasteiger partial charge in [0.15, 0.2) is 0 Å². The van der Waals surface area contributed by atoms with E-state index in [2.05, 4.69) is 20.9 Å². The molecule has 1 unspecified atom stereocenters. The third kappa shape index (κ3) is 3.55. The summed E-state index contributed by atoms with van der Waals surface area (Å²) >= 11 is 3.54. The van der Waals surface area contributed by atoms with Crippen LogP contribution < -0.4 is 10.5 Å². The van der Waals surface area contributed by atoms with E-state index < -0.39 is 0 Å². The average molecular weight is 307 g/mol. The van der Waals surface area contributed by atoms with Crippen LogP contribution in [0.25, 0.3) is 0 Å². The van der Waals surface area contributed by atoms with Gasteiger partial charge in [-0.3, -0.25) is 4.98 Å². The van der Waals surface area contributed by atoms with Crippen LogP contribution in [0, 0.1) is 0 Å². The van der Waals surface area contributed by atoms with Crippen LogP contribution in [0.1, 0.15) is 12.5 Å². The van der Waals surface area contributed by atoms with E-state index in [1.165, 1.54) is 5.56 Å². The zero-order valence-corrected chi connectivity index (χ0v) is 11.7. The first-order valence-corrected chi connectivity index (χ1v) is 6.56.